The Kier molecular flexibility index (Phi) is 3.59. The minimum Gasteiger partial charge on any atom is -0.481 e. The summed E-state index contributed by atoms with van der Waals surface area (Å²) in [4.78, 5) is 23.1. The van der Waals surface area contributed by atoms with Gasteiger partial charge in [-0.05, 0) is 19.8 Å². The Labute approximate surface area is 111 Å². The van der Waals surface area contributed by atoms with Gasteiger partial charge in [-0.1, -0.05) is 6.42 Å². The van der Waals surface area contributed by atoms with E-state index in [4.69, 9.17) is 0 Å². The van der Waals surface area contributed by atoms with Crippen LogP contribution in [0.2, 0.25) is 0 Å². The lowest BCUT2D eigenvalue weighted by atomic mass is 9.66. The standard InChI is InChI=1S/C13H19N3O3/c1-9(10-7-14-16(2)8-10)15-11(17)6-13(12(18)19)4-3-5-13/h7-9H,3-6H2,1-2H3,(H,15,17)(H,18,19). The van der Waals surface area contributed by atoms with E-state index >= 15 is 0 Å². The van der Waals surface area contributed by atoms with Crippen LogP contribution in [0, 0.1) is 5.41 Å². The maximum atomic E-state index is 11.9. The second-order valence-electron chi connectivity index (χ2n) is 5.35. The molecule has 1 aliphatic rings. The van der Waals surface area contributed by atoms with Gasteiger partial charge in [-0.2, -0.15) is 5.10 Å². The molecule has 0 spiro atoms. The van der Waals surface area contributed by atoms with Crippen molar-refractivity contribution < 1.29 is 14.7 Å². The summed E-state index contributed by atoms with van der Waals surface area (Å²) in [6.07, 6.45) is 5.67. The van der Waals surface area contributed by atoms with E-state index in [0.29, 0.717) is 12.8 Å². The minimum absolute atomic E-state index is 0.0624. The van der Waals surface area contributed by atoms with Crippen LogP contribution < -0.4 is 5.32 Å². The average molecular weight is 265 g/mol. The molecule has 6 nitrogen and oxygen atoms in total. The maximum absolute atomic E-state index is 11.9. The highest BCUT2D eigenvalue weighted by Gasteiger charge is 2.45. The number of carbonyl (C=O) groups excluding carboxylic acids is 1. The molecule has 104 valence electrons. The third kappa shape index (κ3) is 2.77. The van der Waals surface area contributed by atoms with E-state index in [1.807, 2.05) is 20.2 Å². The SMILES string of the molecule is CC(NC(=O)CC1(C(=O)O)CCC1)c1cnn(C)c1. The Bertz CT molecular complexity index is 491. The fraction of sp³-hybridized carbons (Fsp3) is 0.615. The average Bonchev–Trinajstić information content (AvgIpc) is 2.69. The third-order valence-electron chi connectivity index (χ3n) is 3.87. The molecule has 1 aliphatic carbocycles. The number of nitrogens with zero attached hydrogens (tertiary/aromatic N) is 2. The summed E-state index contributed by atoms with van der Waals surface area (Å²) in [5.41, 5.74) is 0.0764. The van der Waals surface area contributed by atoms with Crippen LogP contribution in [0.3, 0.4) is 0 Å². The largest absolute Gasteiger partial charge is 0.481 e. The highest BCUT2D eigenvalue weighted by Crippen LogP contribution is 2.44. The van der Waals surface area contributed by atoms with Gasteiger partial charge in [-0.25, -0.2) is 0 Å². The van der Waals surface area contributed by atoms with Crippen molar-refractivity contribution in [1.82, 2.24) is 15.1 Å². The van der Waals surface area contributed by atoms with Gasteiger partial charge < -0.3 is 10.4 Å². The van der Waals surface area contributed by atoms with Gasteiger partial charge in [0, 0.05) is 25.2 Å². The van der Waals surface area contributed by atoms with Gasteiger partial charge in [0.05, 0.1) is 17.7 Å². The van der Waals surface area contributed by atoms with Crippen molar-refractivity contribution >= 4 is 11.9 Å². The lowest BCUT2D eigenvalue weighted by Gasteiger charge is -2.37. The smallest absolute Gasteiger partial charge is 0.310 e. The first-order valence-corrected chi connectivity index (χ1v) is 6.44. The molecule has 2 rings (SSSR count). The van der Waals surface area contributed by atoms with E-state index in [1.165, 1.54) is 0 Å². The molecule has 19 heavy (non-hydrogen) atoms. The van der Waals surface area contributed by atoms with Crippen LogP contribution in [0.25, 0.3) is 0 Å². The molecule has 2 N–H and O–H groups in total. The zero-order valence-electron chi connectivity index (χ0n) is 11.2. The second kappa shape index (κ2) is 5.03. The predicted octanol–water partition coefficient (Wildman–Crippen LogP) is 1.24. The first-order valence-electron chi connectivity index (χ1n) is 6.44. The van der Waals surface area contributed by atoms with Crippen molar-refractivity contribution in [1.29, 1.82) is 0 Å². The number of hydrogen-bond acceptors (Lipinski definition) is 3. The molecular formula is C13H19N3O3. The molecule has 1 fully saturated rings. The second-order valence-corrected chi connectivity index (χ2v) is 5.35. The van der Waals surface area contributed by atoms with Crippen molar-refractivity contribution in [2.24, 2.45) is 12.5 Å². The van der Waals surface area contributed by atoms with Gasteiger partial charge in [0.2, 0.25) is 5.91 Å². The molecule has 1 atom stereocenters. The molecule has 1 saturated carbocycles. The van der Waals surface area contributed by atoms with Crippen molar-refractivity contribution in [3.05, 3.63) is 18.0 Å². The zero-order chi connectivity index (χ0) is 14.0. The Morgan fingerprint density at radius 1 is 1.58 bits per heavy atom. The van der Waals surface area contributed by atoms with E-state index in [9.17, 15) is 14.7 Å². The van der Waals surface area contributed by atoms with Gasteiger partial charge >= 0.3 is 5.97 Å². The summed E-state index contributed by atoms with van der Waals surface area (Å²) in [6.45, 7) is 1.86. The molecule has 0 bridgehead atoms. The molecule has 0 radical (unpaired) electrons. The Hall–Kier alpha value is -1.85. The van der Waals surface area contributed by atoms with Crippen LogP contribution in [-0.4, -0.2) is 26.8 Å². The Balaban J connectivity index is 1.92. The quantitative estimate of drug-likeness (QED) is 0.839. The van der Waals surface area contributed by atoms with Gasteiger partial charge in [0.25, 0.3) is 0 Å². The number of rotatable bonds is 5. The molecule has 1 heterocycles. The topological polar surface area (TPSA) is 84.2 Å². The normalized spacial score (nSPS) is 18.4. The van der Waals surface area contributed by atoms with Crippen LogP contribution in [0.5, 0.6) is 0 Å². The molecule has 0 aromatic carbocycles. The number of aryl methyl sites for hydroxylation is 1. The Morgan fingerprint density at radius 2 is 2.26 bits per heavy atom. The van der Waals surface area contributed by atoms with Crippen molar-refractivity contribution in [3.8, 4) is 0 Å². The van der Waals surface area contributed by atoms with Crippen LogP contribution in [0.1, 0.15) is 44.2 Å². The van der Waals surface area contributed by atoms with Crippen molar-refractivity contribution in [3.63, 3.8) is 0 Å². The summed E-state index contributed by atoms with van der Waals surface area (Å²) in [6, 6.07) is -0.160. The summed E-state index contributed by atoms with van der Waals surface area (Å²) in [7, 11) is 1.81. The minimum atomic E-state index is -0.858. The van der Waals surface area contributed by atoms with E-state index in [0.717, 1.165) is 12.0 Å². The van der Waals surface area contributed by atoms with Gasteiger partial charge in [0.1, 0.15) is 0 Å². The van der Waals surface area contributed by atoms with Crippen LogP contribution in [-0.2, 0) is 16.6 Å². The zero-order valence-corrected chi connectivity index (χ0v) is 11.2. The molecule has 0 aliphatic heterocycles. The first-order chi connectivity index (χ1) is 8.93. The highest BCUT2D eigenvalue weighted by atomic mass is 16.4. The molecule has 0 saturated heterocycles. The third-order valence-corrected chi connectivity index (χ3v) is 3.87. The lowest BCUT2D eigenvalue weighted by Crippen LogP contribution is -2.42. The summed E-state index contributed by atoms with van der Waals surface area (Å²) < 4.78 is 1.67. The fourth-order valence-corrected chi connectivity index (χ4v) is 2.42. The summed E-state index contributed by atoms with van der Waals surface area (Å²) in [5, 5.41) is 16.1. The van der Waals surface area contributed by atoms with Crippen LogP contribution in [0.15, 0.2) is 12.4 Å². The summed E-state index contributed by atoms with van der Waals surface area (Å²) >= 11 is 0. The van der Waals surface area contributed by atoms with E-state index in [2.05, 4.69) is 10.4 Å². The number of aromatic nitrogens is 2. The Morgan fingerprint density at radius 3 is 2.68 bits per heavy atom. The van der Waals surface area contributed by atoms with Crippen LogP contribution >= 0.6 is 0 Å². The van der Waals surface area contributed by atoms with Crippen molar-refractivity contribution in [2.75, 3.05) is 0 Å². The fourth-order valence-electron chi connectivity index (χ4n) is 2.42. The van der Waals surface area contributed by atoms with Gasteiger partial charge in [0.15, 0.2) is 0 Å². The molecule has 6 heteroatoms. The monoisotopic (exact) mass is 265 g/mol. The molecule has 1 aromatic heterocycles. The number of carboxylic acids is 1. The van der Waals surface area contributed by atoms with Gasteiger partial charge in [-0.15, -0.1) is 0 Å². The number of hydrogen-bond donors (Lipinski definition) is 2. The lowest BCUT2D eigenvalue weighted by molar-refractivity contribution is -0.157. The van der Waals surface area contributed by atoms with E-state index in [1.54, 1.807) is 10.9 Å². The maximum Gasteiger partial charge on any atom is 0.310 e. The van der Waals surface area contributed by atoms with E-state index in [-0.39, 0.29) is 18.4 Å². The molecular weight excluding hydrogens is 246 g/mol. The number of amides is 1. The highest BCUT2D eigenvalue weighted by molar-refractivity contribution is 5.85. The number of carbonyl (C=O) groups is 2. The van der Waals surface area contributed by atoms with Gasteiger partial charge in [-0.3, -0.25) is 14.3 Å². The first kappa shape index (κ1) is 13.6. The summed E-state index contributed by atoms with van der Waals surface area (Å²) in [5.74, 6) is -1.07. The number of aliphatic carboxylic acids is 1. The van der Waals surface area contributed by atoms with E-state index < -0.39 is 11.4 Å². The molecule has 1 amide bonds. The number of nitrogens with one attached hydrogen (secondary N) is 1. The number of carboxylic acid groups (broad SMARTS) is 1. The predicted molar refractivity (Wildman–Crippen MR) is 68.3 cm³/mol. The van der Waals surface area contributed by atoms with Crippen molar-refractivity contribution in [2.45, 2.75) is 38.6 Å². The molecule has 1 unspecified atom stereocenters. The molecule has 1 aromatic rings. The van der Waals surface area contributed by atoms with Crippen LogP contribution in [0.4, 0.5) is 0 Å².